The molecule has 104 valence electrons. The van der Waals surface area contributed by atoms with Crippen molar-refractivity contribution >= 4 is 17.1 Å². The van der Waals surface area contributed by atoms with Gasteiger partial charge in [-0.25, -0.2) is 0 Å². The molecule has 0 bridgehead atoms. The van der Waals surface area contributed by atoms with E-state index >= 15 is 0 Å². The van der Waals surface area contributed by atoms with Crippen molar-refractivity contribution in [2.45, 2.75) is 6.92 Å². The van der Waals surface area contributed by atoms with E-state index in [1.807, 2.05) is 25.1 Å². The van der Waals surface area contributed by atoms with Crippen LogP contribution in [-0.2, 0) is 15.5 Å². The lowest BCUT2D eigenvalue weighted by atomic mass is 10.1. The van der Waals surface area contributed by atoms with Gasteiger partial charge in [0.1, 0.15) is 12.4 Å². The lowest BCUT2D eigenvalue weighted by Crippen LogP contribution is -2.13. The molecule has 2 aromatic carbocycles. The molecule has 4 nitrogen and oxygen atoms in total. The van der Waals surface area contributed by atoms with Crippen molar-refractivity contribution in [3.8, 4) is 5.75 Å². The van der Waals surface area contributed by atoms with E-state index in [0.717, 1.165) is 5.56 Å². The maximum Gasteiger partial charge on any atom is 0.360 e. The number of ketones is 1. The lowest BCUT2D eigenvalue weighted by Gasteiger charge is -2.05. The Morgan fingerprint density at radius 2 is 1.70 bits per heavy atom. The molecule has 0 heterocycles. The van der Waals surface area contributed by atoms with E-state index in [1.165, 1.54) is 0 Å². The summed E-state index contributed by atoms with van der Waals surface area (Å²) in [5.74, 6) is 0.188. The first-order valence-corrected chi connectivity index (χ1v) is 7.03. The maximum absolute atomic E-state index is 11.7. The summed E-state index contributed by atoms with van der Waals surface area (Å²) in [5, 5.41) is 0. The summed E-state index contributed by atoms with van der Waals surface area (Å²) in [6, 6.07) is 15.7. The predicted octanol–water partition coefficient (Wildman–Crippen LogP) is 2.85. The summed E-state index contributed by atoms with van der Waals surface area (Å²) in [4.78, 5) is 11.7. The lowest BCUT2D eigenvalue weighted by molar-refractivity contribution is 0.0924. The van der Waals surface area contributed by atoms with Crippen LogP contribution in [0.3, 0.4) is 0 Å². The number of aryl methyl sites for hydroxylation is 1. The molecule has 0 fully saturated rings. The average Bonchev–Trinajstić information content (AvgIpc) is 2.48. The Morgan fingerprint density at radius 3 is 2.35 bits per heavy atom. The van der Waals surface area contributed by atoms with Crippen molar-refractivity contribution in [3.63, 3.8) is 0 Å². The number of carbonyl (C=O) groups is 1. The van der Waals surface area contributed by atoms with Gasteiger partial charge in [0.2, 0.25) is 0 Å². The van der Waals surface area contributed by atoms with Crippen LogP contribution in [0.15, 0.2) is 54.6 Å². The highest BCUT2D eigenvalue weighted by molar-refractivity contribution is 7.75. The van der Waals surface area contributed by atoms with Gasteiger partial charge in [0.05, 0.1) is 0 Å². The summed E-state index contributed by atoms with van der Waals surface area (Å²) < 4.78 is 21.5. The molecule has 0 aliphatic heterocycles. The smallest absolute Gasteiger partial charge is 0.360 e. The molecular weight excluding hydrogens is 276 g/mol. The zero-order chi connectivity index (χ0) is 14.4. The van der Waals surface area contributed by atoms with Crippen LogP contribution in [-0.4, -0.2) is 16.6 Å². The van der Waals surface area contributed by atoms with E-state index < -0.39 is 11.4 Å². The number of hydrogen-bond acceptors (Lipinski definition) is 4. The first-order valence-electron chi connectivity index (χ1n) is 6.03. The van der Waals surface area contributed by atoms with Crippen LogP contribution >= 0.6 is 0 Å². The van der Waals surface area contributed by atoms with Crippen molar-refractivity contribution in [2.24, 2.45) is 0 Å². The van der Waals surface area contributed by atoms with Crippen molar-refractivity contribution in [2.75, 3.05) is 6.61 Å². The van der Waals surface area contributed by atoms with E-state index in [0.29, 0.717) is 11.3 Å². The van der Waals surface area contributed by atoms with Crippen molar-refractivity contribution < 1.29 is 17.4 Å². The third-order valence-electron chi connectivity index (χ3n) is 2.57. The molecule has 20 heavy (non-hydrogen) atoms. The van der Waals surface area contributed by atoms with Crippen LogP contribution in [0.2, 0.25) is 0 Å². The van der Waals surface area contributed by atoms with Crippen LogP contribution < -0.4 is 4.18 Å². The second kappa shape index (κ2) is 6.98. The first-order chi connectivity index (χ1) is 9.65. The molecule has 0 N–H and O–H groups in total. The highest BCUT2D eigenvalue weighted by Gasteiger charge is 2.10. The highest BCUT2D eigenvalue weighted by atomic mass is 32.2. The van der Waals surface area contributed by atoms with Crippen LogP contribution in [0.1, 0.15) is 15.9 Å². The number of Topliss-reactive ketones (excluding diaryl/α,β-unsaturated/α-hetero) is 1. The van der Waals surface area contributed by atoms with Crippen LogP contribution in [0, 0.1) is 6.92 Å². The number of carbonyl (C=O) groups excluding carboxylic acids is 1. The molecular formula is C15H14O4S. The van der Waals surface area contributed by atoms with Gasteiger partial charge in [0, 0.05) is 5.56 Å². The molecule has 0 saturated heterocycles. The molecule has 0 spiro atoms. The zero-order valence-corrected chi connectivity index (χ0v) is 11.8. The standard InChI is InChI=1S/C15H14O4S/c1-12-7-9-14(10-8-12)19-20(17)18-11-15(16)13-5-3-2-4-6-13/h2-10H,11H2,1H3. The molecule has 2 rings (SSSR count). The molecule has 0 aliphatic carbocycles. The van der Waals surface area contributed by atoms with Crippen LogP contribution in [0.5, 0.6) is 5.75 Å². The SMILES string of the molecule is Cc1ccc(OS(=O)OCC(=O)c2ccccc2)cc1. The minimum atomic E-state index is -1.99. The molecule has 0 saturated carbocycles. The molecule has 0 amide bonds. The molecule has 0 aromatic heterocycles. The third-order valence-corrected chi connectivity index (χ3v) is 3.21. The van der Waals surface area contributed by atoms with Crippen LogP contribution in [0.25, 0.3) is 0 Å². The summed E-state index contributed by atoms with van der Waals surface area (Å²) in [5.41, 5.74) is 1.59. The molecule has 0 aliphatic rings. The van der Waals surface area contributed by atoms with Gasteiger partial charge >= 0.3 is 11.4 Å². The Hall–Kier alpha value is -1.98. The van der Waals surface area contributed by atoms with Gasteiger partial charge < -0.3 is 4.18 Å². The van der Waals surface area contributed by atoms with Gasteiger partial charge in [-0.05, 0) is 19.1 Å². The number of rotatable bonds is 6. The van der Waals surface area contributed by atoms with E-state index in [2.05, 4.69) is 0 Å². The van der Waals surface area contributed by atoms with Crippen molar-refractivity contribution in [3.05, 3.63) is 65.7 Å². The van der Waals surface area contributed by atoms with Crippen LogP contribution in [0.4, 0.5) is 0 Å². The Kier molecular flexibility index (Phi) is 5.03. The second-order valence-corrected chi connectivity index (χ2v) is 4.96. The Labute approximate surface area is 120 Å². The summed E-state index contributed by atoms with van der Waals surface area (Å²) in [6.07, 6.45) is 0. The number of hydrogen-bond donors (Lipinski definition) is 0. The van der Waals surface area contributed by atoms with Gasteiger partial charge in [0.15, 0.2) is 5.78 Å². The van der Waals surface area contributed by atoms with Gasteiger partial charge in [0.25, 0.3) is 0 Å². The fourth-order valence-electron chi connectivity index (χ4n) is 1.51. The van der Waals surface area contributed by atoms with E-state index in [-0.39, 0.29) is 12.4 Å². The van der Waals surface area contributed by atoms with Crippen molar-refractivity contribution in [1.29, 1.82) is 0 Å². The first kappa shape index (κ1) is 14.4. The average molecular weight is 290 g/mol. The fraction of sp³-hybridized carbons (Fsp3) is 0.133. The second-order valence-electron chi connectivity index (χ2n) is 4.15. The quantitative estimate of drug-likeness (QED) is 0.768. The summed E-state index contributed by atoms with van der Waals surface area (Å²) >= 11 is -1.99. The van der Waals surface area contributed by atoms with E-state index in [4.69, 9.17) is 8.37 Å². The minimum Gasteiger partial charge on any atom is -0.380 e. The van der Waals surface area contributed by atoms with Gasteiger partial charge in [-0.3, -0.25) is 8.98 Å². The molecule has 1 atom stereocenters. The van der Waals surface area contributed by atoms with Gasteiger partial charge in [-0.2, -0.15) is 4.21 Å². The van der Waals surface area contributed by atoms with E-state index in [1.54, 1.807) is 36.4 Å². The van der Waals surface area contributed by atoms with Crippen molar-refractivity contribution in [1.82, 2.24) is 0 Å². The molecule has 2 aromatic rings. The van der Waals surface area contributed by atoms with E-state index in [9.17, 15) is 9.00 Å². The third kappa shape index (κ3) is 4.29. The Bertz CT molecular complexity index is 593. The monoisotopic (exact) mass is 290 g/mol. The largest absolute Gasteiger partial charge is 0.380 e. The van der Waals surface area contributed by atoms with Gasteiger partial charge in [-0.15, -0.1) is 0 Å². The maximum atomic E-state index is 11.7. The zero-order valence-electron chi connectivity index (χ0n) is 10.9. The Balaban J connectivity index is 1.83. The summed E-state index contributed by atoms with van der Waals surface area (Å²) in [7, 11) is 0. The highest BCUT2D eigenvalue weighted by Crippen LogP contribution is 2.13. The number of benzene rings is 2. The predicted molar refractivity (Wildman–Crippen MR) is 76.7 cm³/mol. The minimum absolute atomic E-state index is 0.244. The normalized spacial score (nSPS) is 11.8. The summed E-state index contributed by atoms with van der Waals surface area (Å²) in [6.45, 7) is 1.65. The molecule has 1 unspecified atom stereocenters. The fourth-order valence-corrected chi connectivity index (χ4v) is 2.03. The topological polar surface area (TPSA) is 52.6 Å². The molecule has 0 radical (unpaired) electrons. The Morgan fingerprint density at radius 1 is 1.05 bits per heavy atom. The molecule has 5 heteroatoms. The van der Waals surface area contributed by atoms with Gasteiger partial charge in [-0.1, -0.05) is 48.0 Å².